The van der Waals surface area contributed by atoms with E-state index in [1.807, 2.05) is 11.8 Å². The van der Waals surface area contributed by atoms with Gasteiger partial charge in [0.1, 0.15) is 17.0 Å². The number of β-amino-alcohol motifs (C(OH)–C–C–N with tert-alkyl or cyclic N) is 1. The van der Waals surface area contributed by atoms with Gasteiger partial charge in [-0.25, -0.2) is 9.97 Å². The minimum atomic E-state index is 0.0652. The number of nitrogens with one attached hydrogen (secondary N) is 1. The summed E-state index contributed by atoms with van der Waals surface area (Å²) < 4.78 is 0. The minimum Gasteiger partial charge on any atom is -0.395 e. The molecule has 1 aliphatic rings. The zero-order valence-corrected chi connectivity index (χ0v) is 18.9. The van der Waals surface area contributed by atoms with Crippen molar-refractivity contribution in [3.63, 3.8) is 0 Å². The lowest BCUT2D eigenvalue weighted by molar-refractivity contribution is 0.0619. The van der Waals surface area contributed by atoms with Crippen molar-refractivity contribution in [2.75, 3.05) is 44.6 Å². The zero-order chi connectivity index (χ0) is 21.1. The molecule has 1 atom stereocenters. The van der Waals surface area contributed by atoms with Crippen LogP contribution in [0.5, 0.6) is 0 Å². The van der Waals surface area contributed by atoms with Gasteiger partial charge >= 0.3 is 0 Å². The summed E-state index contributed by atoms with van der Waals surface area (Å²) in [4.78, 5) is 29.1. The zero-order valence-electron chi connectivity index (χ0n) is 17.3. The average Bonchev–Trinajstić information content (AvgIpc) is 3.41. The van der Waals surface area contributed by atoms with Crippen LogP contribution in [0.15, 0.2) is 23.8 Å². The molecular weight excluding hydrogens is 418 g/mol. The maximum absolute atomic E-state index is 13.2. The van der Waals surface area contributed by atoms with E-state index < -0.39 is 0 Å². The van der Waals surface area contributed by atoms with E-state index in [4.69, 9.17) is 5.11 Å². The Bertz CT molecular complexity index is 996. The molecule has 0 unspecified atom stereocenters. The minimum absolute atomic E-state index is 0.0652. The third-order valence-corrected chi connectivity index (χ3v) is 7.78. The number of piperazine rings is 1. The molecule has 3 aromatic heterocycles. The largest absolute Gasteiger partial charge is 0.395 e. The van der Waals surface area contributed by atoms with E-state index in [2.05, 4.69) is 44.6 Å². The molecule has 7 nitrogen and oxygen atoms in total. The summed E-state index contributed by atoms with van der Waals surface area (Å²) in [6, 6.07) is 4.38. The van der Waals surface area contributed by atoms with E-state index in [0.717, 1.165) is 46.0 Å². The first kappa shape index (κ1) is 21.2. The third-order valence-electron chi connectivity index (χ3n) is 5.60. The van der Waals surface area contributed by atoms with Crippen LogP contribution in [-0.2, 0) is 0 Å². The standard InChI is InChI=1S/C21H27N5O2S2/c1-3-15(16-5-4-12-29-16)24-19-17-14(2)18(30-20(17)23-13-22-19)21(28)26-8-6-25(7-9-26)10-11-27/h4-5,12-13,15,27H,3,6-11H2,1-2H3,(H,22,23,24)/t15-/m1/s1. The first-order valence-corrected chi connectivity index (χ1v) is 12.0. The molecule has 0 aliphatic carbocycles. The number of aromatic nitrogens is 2. The Labute approximate surface area is 184 Å². The number of anilines is 1. The Balaban J connectivity index is 1.58. The van der Waals surface area contributed by atoms with Crippen LogP contribution in [0.25, 0.3) is 10.2 Å². The van der Waals surface area contributed by atoms with Crippen LogP contribution in [0, 0.1) is 6.92 Å². The van der Waals surface area contributed by atoms with Crippen LogP contribution < -0.4 is 5.32 Å². The number of carbonyl (C=O) groups excluding carboxylic acids is 1. The van der Waals surface area contributed by atoms with Crippen molar-refractivity contribution in [3.05, 3.63) is 39.2 Å². The normalized spacial score (nSPS) is 16.2. The molecule has 1 aliphatic heterocycles. The van der Waals surface area contributed by atoms with E-state index >= 15 is 0 Å². The second-order valence-electron chi connectivity index (χ2n) is 7.44. The second-order valence-corrected chi connectivity index (χ2v) is 9.41. The Morgan fingerprint density at radius 3 is 2.77 bits per heavy atom. The lowest BCUT2D eigenvalue weighted by Crippen LogP contribution is -2.49. The molecule has 0 radical (unpaired) electrons. The maximum Gasteiger partial charge on any atom is 0.264 e. The summed E-state index contributed by atoms with van der Waals surface area (Å²) in [6.07, 6.45) is 2.52. The Morgan fingerprint density at radius 1 is 1.30 bits per heavy atom. The molecule has 4 rings (SSSR count). The number of nitrogens with zero attached hydrogens (tertiary/aromatic N) is 4. The van der Waals surface area contributed by atoms with Gasteiger partial charge in [0.2, 0.25) is 0 Å². The molecule has 9 heteroatoms. The topological polar surface area (TPSA) is 81.6 Å². The van der Waals surface area contributed by atoms with E-state index in [0.29, 0.717) is 19.6 Å². The second kappa shape index (κ2) is 9.38. The molecule has 2 N–H and O–H groups in total. The van der Waals surface area contributed by atoms with Crippen molar-refractivity contribution in [2.45, 2.75) is 26.3 Å². The Kier molecular flexibility index (Phi) is 6.62. The maximum atomic E-state index is 13.2. The summed E-state index contributed by atoms with van der Waals surface area (Å²) in [5.41, 5.74) is 0.946. The summed E-state index contributed by atoms with van der Waals surface area (Å²) >= 11 is 3.18. The van der Waals surface area contributed by atoms with E-state index in [1.54, 1.807) is 17.7 Å². The average molecular weight is 446 g/mol. The highest BCUT2D eigenvalue weighted by Crippen LogP contribution is 2.36. The van der Waals surface area contributed by atoms with Gasteiger partial charge in [0.15, 0.2) is 0 Å². The van der Waals surface area contributed by atoms with E-state index in [-0.39, 0.29) is 18.6 Å². The number of aryl methyl sites for hydroxylation is 1. The van der Waals surface area contributed by atoms with Crippen molar-refractivity contribution >= 4 is 44.6 Å². The summed E-state index contributed by atoms with van der Waals surface area (Å²) in [5, 5.41) is 15.7. The third kappa shape index (κ3) is 4.20. The quantitative estimate of drug-likeness (QED) is 0.580. The monoisotopic (exact) mass is 445 g/mol. The molecule has 160 valence electrons. The number of fused-ring (bicyclic) bond motifs is 1. The molecule has 1 amide bonds. The number of aliphatic hydroxyl groups is 1. The molecule has 0 spiro atoms. The van der Waals surface area contributed by atoms with Gasteiger partial charge in [0.05, 0.1) is 22.9 Å². The van der Waals surface area contributed by atoms with Crippen molar-refractivity contribution in [3.8, 4) is 0 Å². The van der Waals surface area contributed by atoms with Gasteiger partial charge in [0, 0.05) is 37.6 Å². The van der Waals surface area contributed by atoms with Crippen molar-refractivity contribution in [1.82, 2.24) is 19.8 Å². The van der Waals surface area contributed by atoms with Crippen molar-refractivity contribution in [1.29, 1.82) is 0 Å². The van der Waals surface area contributed by atoms with Crippen molar-refractivity contribution in [2.24, 2.45) is 0 Å². The fraction of sp³-hybridized carbons (Fsp3) is 0.476. The number of amides is 1. The summed E-state index contributed by atoms with van der Waals surface area (Å²) in [6.45, 7) is 7.92. The SMILES string of the molecule is CC[C@@H](Nc1ncnc2sc(C(=O)N3CCN(CCO)CC3)c(C)c12)c1cccs1. The summed E-state index contributed by atoms with van der Waals surface area (Å²) in [7, 11) is 0. The van der Waals surface area contributed by atoms with E-state index in [9.17, 15) is 4.79 Å². The van der Waals surface area contributed by atoms with Gasteiger partial charge in [-0.1, -0.05) is 13.0 Å². The van der Waals surface area contributed by atoms with Crippen LogP contribution in [-0.4, -0.2) is 70.1 Å². The Hall–Kier alpha value is -2.07. The first-order chi connectivity index (χ1) is 14.6. The lowest BCUT2D eigenvalue weighted by Gasteiger charge is -2.34. The predicted molar refractivity (Wildman–Crippen MR) is 123 cm³/mol. The number of carbonyl (C=O) groups is 1. The first-order valence-electron chi connectivity index (χ1n) is 10.3. The Morgan fingerprint density at radius 2 is 2.10 bits per heavy atom. The molecule has 1 fully saturated rings. The highest BCUT2D eigenvalue weighted by atomic mass is 32.1. The highest BCUT2D eigenvalue weighted by molar-refractivity contribution is 7.20. The van der Waals surface area contributed by atoms with Crippen LogP contribution >= 0.6 is 22.7 Å². The number of hydrogen-bond donors (Lipinski definition) is 2. The van der Waals surface area contributed by atoms with Crippen LogP contribution in [0.3, 0.4) is 0 Å². The molecule has 1 saturated heterocycles. The van der Waals surface area contributed by atoms with Gasteiger partial charge in [-0.15, -0.1) is 22.7 Å². The van der Waals surface area contributed by atoms with Crippen molar-refractivity contribution < 1.29 is 9.90 Å². The smallest absolute Gasteiger partial charge is 0.264 e. The predicted octanol–water partition coefficient (Wildman–Crippen LogP) is 3.37. The van der Waals surface area contributed by atoms with E-state index in [1.165, 1.54) is 16.2 Å². The molecule has 4 heterocycles. The molecule has 3 aromatic rings. The number of thiophene rings is 2. The van der Waals surface area contributed by atoms with Crippen LogP contribution in [0.4, 0.5) is 5.82 Å². The number of rotatable bonds is 7. The number of hydrogen-bond acceptors (Lipinski definition) is 8. The lowest BCUT2D eigenvalue weighted by atomic mass is 10.1. The highest BCUT2D eigenvalue weighted by Gasteiger charge is 2.27. The number of aliphatic hydroxyl groups excluding tert-OH is 1. The van der Waals surface area contributed by atoms with Gasteiger partial charge in [-0.05, 0) is 30.4 Å². The molecule has 30 heavy (non-hydrogen) atoms. The summed E-state index contributed by atoms with van der Waals surface area (Å²) in [5.74, 6) is 0.858. The van der Waals surface area contributed by atoms with Gasteiger partial charge < -0.3 is 15.3 Å². The molecule has 0 bridgehead atoms. The molecular formula is C21H27N5O2S2. The van der Waals surface area contributed by atoms with Crippen LogP contribution in [0.1, 0.15) is 39.5 Å². The fourth-order valence-corrected chi connectivity index (χ4v) is 5.85. The molecule has 0 aromatic carbocycles. The van der Waals surface area contributed by atoms with Gasteiger partial charge in [-0.2, -0.15) is 0 Å². The molecule has 0 saturated carbocycles. The fourth-order valence-electron chi connectivity index (χ4n) is 3.87. The van der Waals surface area contributed by atoms with Gasteiger partial charge in [0.25, 0.3) is 5.91 Å². The van der Waals surface area contributed by atoms with Gasteiger partial charge in [-0.3, -0.25) is 9.69 Å². The van der Waals surface area contributed by atoms with Crippen LogP contribution in [0.2, 0.25) is 0 Å².